The predicted octanol–water partition coefficient (Wildman–Crippen LogP) is 0.519. The van der Waals surface area contributed by atoms with Gasteiger partial charge in [0, 0.05) is 0 Å². The van der Waals surface area contributed by atoms with Crippen LogP contribution in [0.4, 0.5) is 17.6 Å². The van der Waals surface area contributed by atoms with Crippen LogP contribution in [-0.4, -0.2) is 26.9 Å². The van der Waals surface area contributed by atoms with Crippen LogP contribution in [0.3, 0.4) is 0 Å². The Morgan fingerprint density at radius 2 is 1.08 bits per heavy atom. The van der Waals surface area contributed by atoms with Crippen LogP contribution in [-0.2, 0) is 18.9 Å². The molecular formula is C14H6B2F4O4. The van der Waals surface area contributed by atoms with Crippen molar-refractivity contribution < 1.29 is 36.5 Å². The molecule has 0 fully saturated rings. The number of benzene rings is 2. The van der Waals surface area contributed by atoms with Crippen molar-refractivity contribution in [1.82, 2.24) is 0 Å². The van der Waals surface area contributed by atoms with Crippen LogP contribution >= 0.6 is 0 Å². The molecular weight excluding hydrogens is 330 g/mol. The van der Waals surface area contributed by atoms with Crippen LogP contribution in [0.2, 0.25) is 0 Å². The van der Waals surface area contributed by atoms with Crippen LogP contribution in [0.25, 0.3) is 0 Å². The molecule has 2 radical (unpaired) electrons. The van der Waals surface area contributed by atoms with E-state index < -0.39 is 46.1 Å². The van der Waals surface area contributed by atoms with E-state index in [-0.39, 0.29) is 0 Å². The summed E-state index contributed by atoms with van der Waals surface area (Å²) in [7, 11) is 1.04. The smallest absolute Gasteiger partial charge is 0.416 e. The Morgan fingerprint density at radius 3 is 1.46 bits per heavy atom. The molecule has 0 spiro atoms. The quantitative estimate of drug-likeness (QED) is 0.464. The molecule has 120 valence electrons. The molecule has 0 saturated carbocycles. The van der Waals surface area contributed by atoms with Crippen molar-refractivity contribution in [3.63, 3.8) is 0 Å². The lowest BCUT2D eigenvalue weighted by Crippen LogP contribution is -2.32. The molecule has 0 aromatic heterocycles. The Kier molecular flexibility index (Phi) is 5.62. The predicted molar refractivity (Wildman–Crippen MR) is 75.7 cm³/mol. The van der Waals surface area contributed by atoms with Crippen molar-refractivity contribution >= 4 is 37.8 Å². The third-order valence-corrected chi connectivity index (χ3v) is 2.67. The van der Waals surface area contributed by atoms with Gasteiger partial charge in [0.15, 0.2) is 0 Å². The first-order valence-electron chi connectivity index (χ1n) is 6.35. The standard InChI is InChI=1S/C14H6B2F4O4/c17-7-1-3-11(19)9(5-7)15-23-13(21)14(22)24-16-10-6-8(18)2-4-12(10)20/h1-6H. The highest BCUT2D eigenvalue weighted by atomic mass is 19.1. The summed E-state index contributed by atoms with van der Waals surface area (Å²) >= 11 is 0. The normalized spacial score (nSPS) is 10.0. The summed E-state index contributed by atoms with van der Waals surface area (Å²) in [5, 5.41) is 0. The topological polar surface area (TPSA) is 52.6 Å². The zero-order valence-electron chi connectivity index (χ0n) is 11.8. The Morgan fingerprint density at radius 1 is 0.708 bits per heavy atom. The van der Waals surface area contributed by atoms with Crippen molar-refractivity contribution in [3.05, 3.63) is 59.7 Å². The minimum atomic E-state index is -1.56. The van der Waals surface area contributed by atoms with Crippen LogP contribution < -0.4 is 10.9 Å². The fraction of sp³-hybridized carbons (Fsp3) is 0. The second-order valence-electron chi connectivity index (χ2n) is 4.38. The van der Waals surface area contributed by atoms with E-state index in [0.29, 0.717) is 15.0 Å². The van der Waals surface area contributed by atoms with Gasteiger partial charge in [-0.3, -0.25) is 0 Å². The number of carbonyl (C=O) groups excluding carboxylic acids is 2. The van der Waals surface area contributed by atoms with E-state index in [9.17, 15) is 27.2 Å². The molecule has 0 unspecified atom stereocenters. The monoisotopic (exact) mass is 336 g/mol. The van der Waals surface area contributed by atoms with Gasteiger partial charge in [-0.2, -0.15) is 0 Å². The van der Waals surface area contributed by atoms with Crippen molar-refractivity contribution in [1.29, 1.82) is 0 Å². The molecule has 0 aliphatic carbocycles. The molecule has 0 N–H and O–H groups in total. The zero-order valence-corrected chi connectivity index (χ0v) is 11.8. The summed E-state index contributed by atoms with van der Waals surface area (Å²) in [5.74, 6) is -6.46. The Bertz CT molecular complexity index is 720. The average molecular weight is 336 g/mol. The highest BCUT2D eigenvalue weighted by Gasteiger charge is 2.21. The van der Waals surface area contributed by atoms with E-state index in [4.69, 9.17) is 0 Å². The molecule has 0 amide bonds. The first-order valence-corrected chi connectivity index (χ1v) is 6.35. The number of hydrogen-bond acceptors (Lipinski definition) is 4. The second kappa shape index (κ2) is 7.67. The van der Waals surface area contributed by atoms with Crippen molar-refractivity contribution in [2.24, 2.45) is 0 Å². The van der Waals surface area contributed by atoms with Crippen molar-refractivity contribution in [2.75, 3.05) is 0 Å². The maximum absolute atomic E-state index is 13.3. The molecule has 2 rings (SSSR count). The molecule has 0 aliphatic heterocycles. The highest BCUT2D eigenvalue weighted by Crippen LogP contribution is 1.99. The number of rotatable bonds is 4. The number of halogens is 4. The van der Waals surface area contributed by atoms with Gasteiger partial charge in [-0.05, 0) is 47.3 Å². The maximum atomic E-state index is 13.3. The van der Waals surface area contributed by atoms with Gasteiger partial charge in [0.2, 0.25) is 0 Å². The molecule has 2 aromatic carbocycles. The molecule has 0 saturated heterocycles. The number of carbonyl (C=O) groups is 2. The summed E-state index contributed by atoms with van der Waals surface area (Å²) in [6, 6.07) is 4.78. The lowest BCUT2D eigenvalue weighted by Gasteiger charge is -2.06. The SMILES string of the molecule is O=C(O[B]c1cc(F)ccc1F)C(=O)O[B]c1cc(F)ccc1F. The van der Waals surface area contributed by atoms with Crippen LogP contribution in [0.5, 0.6) is 0 Å². The largest absolute Gasteiger partial charge is 0.525 e. The fourth-order valence-electron chi connectivity index (χ4n) is 1.54. The summed E-state index contributed by atoms with van der Waals surface area (Å²) in [6.45, 7) is 0. The molecule has 0 atom stereocenters. The molecule has 0 aliphatic rings. The summed E-state index contributed by atoms with van der Waals surface area (Å²) in [6.07, 6.45) is 0. The second-order valence-corrected chi connectivity index (χ2v) is 4.38. The Labute approximate surface area is 134 Å². The molecule has 2 aromatic rings. The van der Waals surface area contributed by atoms with Gasteiger partial charge < -0.3 is 9.31 Å². The van der Waals surface area contributed by atoms with Crippen molar-refractivity contribution in [3.8, 4) is 0 Å². The van der Waals surface area contributed by atoms with Gasteiger partial charge in [-0.25, -0.2) is 27.2 Å². The van der Waals surface area contributed by atoms with Gasteiger partial charge in [-0.1, -0.05) is 0 Å². The third kappa shape index (κ3) is 4.61. The van der Waals surface area contributed by atoms with Gasteiger partial charge in [0.25, 0.3) is 0 Å². The Balaban J connectivity index is 1.89. The molecule has 10 heteroatoms. The minimum Gasteiger partial charge on any atom is -0.525 e. The molecule has 0 heterocycles. The molecule has 0 bridgehead atoms. The third-order valence-electron chi connectivity index (χ3n) is 2.67. The molecule has 4 nitrogen and oxygen atoms in total. The van der Waals surface area contributed by atoms with E-state index >= 15 is 0 Å². The van der Waals surface area contributed by atoms with Crippen LogP contribution in [0.15, 0.2) is 36.4 Å². The lowest BCUT2D eigenvalue weighted by atomic mass is 9.87. The van der Waals surface area contributed by atoms with E-state index in [1.165, 1.54) is 0 Å². The average Bonchev–Trinajstić information content (AvgIpc) is 2.55. The minimum absolute atomic E-state index is 0.406. The summed E-state index contributed by atoms with van der Waals surface area (Å²) in [4.78, 5) is 22.7. The van der Waals surface area contributed by atoms with Crippen molar-refractivity contribution in [2.45, 2.75) is 0 Å². The highest BCUT2D eigenvalue weighted by molar-refractivity contribution is 6.55. The van der Waals surface area contributed by atoms with Gasteiger partial charge >= 0.3 is 26.9 Å². The van der Waals surface area contributed by atoms with E-state index in [1.54, 1.807) is 0 Å². The van der Waals surface area contributed by atoms with Gasteiger partial charge in [0.1, 0.15) is 23.3 Å². The first-order chi connectivity index (χ1) is 11.4. The first kappa shape index (κ1) is 17.6. The van der Waals surface area contributed by atoms with Gasteiger partial charge in [-0.15, -0.1) is 0 Å². The Hall–Kier alpha value is -2.77. The van der Waals surface area contributed by atoms with E-state index in [1.807, 2.05) is 0 Å². The van der Waals surface area contributed by atoms with E-state index in [0.717, 1.165) is 36.4 Å². The lowest BCUT2D eigenvalue weighted by molar-refractivity contribution is -0.156. The summed E-state index contributed by atoms with van der Waals surface area (Å²) < 4.78 is 61.1. The maximum Gasteiger partial charge on any atom is 0.416 e. The fourth-order valence-corrected chi connectivity index (χ4v) is 1.54. The molecule has 24 heavy (non-hydrogen) atoms. The zero-order chi connectivity index (χ0) is 17.7. The van der Waals surface area contributed by atoms with Gasteiger partial charge in [0.05, 0.1) is 0 Å². The number of hydrogen-bond donors (Lipinski definition) is 0. The van der Waals surface area contributed by atoms with Crippen LogP contribution in [0, 0.1) is 23.3 Å². The summed E-state index contributed by atoms with van der Waals surface area (Å²) in [5.41, 5.74) is -0.812. The van der Waals surface area contributed by atoms with Crippen LogP contribution in [0.1, 0.15) is 0 Å². The van der Waals surface area contributed by atoms with E-state index in [2.05, 4.69) is 9.31 Å².